The lowest BCUT2D eigenvalue weighted by Crippen LogP contribution is -2.51. The molecular weight excluding hydrogens is 509 g/mol. The molecule has 2 aromatic heterocycles. The van der Waals surface area contributed by atoms with Crippen molar-refractivity contribution in [2.75, 3.05) is 13.1 Å². The van der Waals surface area contributed by atoms with Crippen molar-refractivity contribution in [3.63, 3.8) is 0 Å². The molecule has 186 valence electrons. The van der Waals surface area contributed by atoms with E-state index in [1.165, 1.54) is 12.1 Å². The highest BCUT2D eigenvalue weighted by Gasteiger charge is 2.30. The van der Waals surface area contributed by atoms with Crippen molar-refractivity contribution in [1.29, 1.82) is 0 Å². The van der Waals surface area contributed by atoms with Gasteiger partial charge in [-0.05, 0) is 48.4 Å². The van der Waals surface area contributed by atoms with Crippen LogP contribution in [0.2, 0.25) is 5.02 Å². The van der Waals surface area contributed by atoms with Gasteiger partial charge in [0.15, 0.2) is 11.6 Å². The Morgan fingerprint density at radius 2 is 2.06 bits per heavy atom. The average molecular weight is 530 g/mol. The zero-order chi connectivity index (χ0) is 25.2. The Balaban J connectivity index is 1.30. The van der Waals surface area contributed by atoms with Gasteiger partial charge in [0.2, 0.25) is 5.82 Å². The van der Waals surface area contributed by atoms with Crippen LogP contribution in [0.5, 0.6) is 11.5 Å². The number of halogens is 2. The van der Waals surface area contributed by atoms with Crippen molar-refractivity contribution >= 4 is 29.1 Å². The summed E-state index contributed by atoms with van der Waals surface area (Å²) in [7, 11) is 0. The fourth-order valence-corrected chi connectivity index (χ4v) is 5.29. The molecule has 0 unspecified atom stereocenters. The number of aromatic nitrogens is 2. The van der Waals surface area contributed by atoms with Crippen LogP contribution in [0.1, 0.15) is 17.4 Å². The van der Waals surface area contributed by atoms with Gasteiger partial charge in [0.05, 0.1) is 9.90 Å². The standard InChI is InChI=1S/C25H21ClFN3O5S/c1-2-14-9-17(13-30-11-16(12-30)33-25(31)32)36-22(14)23-28-24(35-29-23)15-7-8-21(19(27)10-15)34-20-6-4-3-5-18(20)26/h3-10,16H,2,11-13H2,1H3,(H,31,32). The molecule has 2 aromatic carbocycles. The topological polar surface area (TPSA) is 97.9 Å². The van der Waals surface area contributed by atoms with Crippen molar-refractivity contribution in [3.8, 4) is 33.7 Å². The van der Waals surface area contributed by atoms with Gasteiger partial charge < -0.3 is 19.1 Å². The number of rotatable bonds is 8. The molecule has 36 heavy (non-hydrogen) atoms. The molecule has 0 amide bonds. The van der Waals surface area contributed by atoms with Gasteiger partial charge >= 0.3 is 6.16 Å². The van der Waals surface area contributed by atoms with Gasteiger partial charge in [-0.15, -0.1) is 11.3 Å². The van der Waals surface area contributed by atoms with E-state index in [0.717, 1.165) is 21.7 Å². The molecule has 1 N–H and O–H groups in total. The van der Waals surface area contributed by atoms with E-state index >= 15 is 0 Å². The number of carbonyl (C=O) groups is 1. The molecule has 0 aliphatic carbocycles. The summed E-state index contributed by atoms with van der Waals surface area (Å²) in [5.74, 6) is 0.436. The molecule has 1 aliphatic heterocycles. The van der Waals surface area contributed by atoms with Gasteiger partial charge in [0.25, 0.3) is 5.89 Å². The Bertz CT molecular complexity index is 1400. The summed E-state index contributed by atoms with van der Waals surface area (Å²) in [5, 5.41) is 13.2. The summed E-state index contributed by atoms with van der Waals surface area (Å²) in [6.45, 7) is 3.86. The minimum Gasteiger partial charge on any atom is -0.453 e. The molecule has 0 saturated carbocycles. The van der Waals surface area contributed by atoms with E-state index in [9.17, 15) is 9.18 Å². The molecule has 1 fully saturated rings. The third-order valence-electron chi connectivity index (χ3n) is 5.68. The summed E-state index contributed by atoms with van der Waals surface area (Å²) < 4.78 is 30.6. The van der Waals surface area contributed by atoms with Crippen molar-refractivity contribution in [2.24, 2.45) is 0 Å². The first-order chi connectivity index (χ1) is 17.4. The van der Waals surface area contributed by atoms with Gasteiger partial charge in [-0.25, -0.2) is 9.18 Å². The first-order valence-electron chi connectivity index (χ1n) is 11.2. The van der Waals surface area contributed by atoms with Gasteiger partial charge in [0.1, 0.15) is 11.9 Å². The van der Waals surface area contributed by atoms with E-state index in [-0.39, 0.29) is 17.7 Å². The van der Waals surface area contributed by atoms with Crippen LogP contribution in [0.25, 0.3) is 22.2 Å². The number of carboxylic acid groups (broad SMARTS) is 1. The lowest BCUT2D eigenvalue weighted by Gasteiger charge is -2.37. The van der Waals surface area contributed by atoms with Crippen molar-refractivity contribution in [3.05, 3.63) is 69.8 Å². The monoisotopic (exact) mass is 529 g/mol. The number of benzene rings is 2. The fourth-order valence-electron chi connectivity index (χ4n) is 3.90. The van der Waals surface area contributed by atoms with Crippen LogP contribution in [0.3, 0.4) is 0 Å². The highest BCUT2D eigenvalue weighted by atomic mass is 35.5. The number of hydrogen-bond donors (Lipinski definition) is 1. The van der Waals surface area contributed by atoms with E-state index in [1.807, 2.05) is 6.92 Å². The van der Waals surface area contributed by atoms with Gasteiger partial charge in [-0.3, -0.25) is 4.90 Å². The first-order valence-corrected chi connectivity index (χ1v) is 12.4. The minimum absolute atomic E-state index is 0.0322. The number of likely N-dealkylation sites (tertiary alicyclic amines) is 1. The number of aryl methyl sites for hydroxylation is 1. The third kappa shape index (κ3) is 5.20. The number of hydrogen-bond acceptors (Lipinski definition) is 8. The summed E-state index contributed by atoms with van der Waals surface area (Å²) >= 11 is 7.65. The van der Waals surface area contributed by atoms with Crippen LogP contribution in [-0.4, -0.2) is 45.5 Å². The van der Waals surface area contributed by atoms with E-state index in [0.29, 0.717) is 41.8 Å². The smallest absolute Gasteiger partial charge is 0.453 e. The van der Waals surface area contributed by atoms with E-state index in [2.05, 4.69) is 21.1 Å². The fraction of sp³-hybridized carbons (Fsp3) is 0.240. The normalized spacial score (nSPS) is 14.0. The summed E-state index contributed by atoms with van der Waals surface area (Å²) in [4.78, 5) is 19.3. The summed E-state index contributed by atoms with van der Waals surface area (Å²) in [5.41, 5.74) is 1.51. The van der Waals surface area contributed by atoms with Crippen LogP contribution in [0.15, 0.2) is 53.1 Å². The quantitative estimate of drug-likeness (QED) is 0.259. The second-order valence-electron chi connectivity index (χ2n) is 8.22. The number of ether oxygens (including phenoxy) is 2. The predicted molar refractivity (Wildman–Crippen MR) is 132 cm³/mol. The van der Waals surface area contributed by atoms with Crippen LogP contribution >= 0.6 is 22.9 Å². The van der Waals surface area contributed by atoms with Crippen LogP contribution in [0, 0.1) is 5.82 Å². The third-order valence-corrected chi connectivity index (χ3v) is 7.15. The molecule has 1 saturated heterocycles. The zero-order valence-electron chi connectivity index (χ0n) is 19.1. The largest absolute Gasteiger partial charge is 0.506 e. The zero-order valence-corrected chi connectivity index (χ0v) is 20.7. The number of nitrogens with zero attached hydrogens (tertiary/aromatic N) is 3. The molecule has 0 radical (unpaired) electrons. The van der Waals surface area contributed by atoms with Gasteiger partial charge in [-0.2, -0.15) is 4.98 Å². The molecule has 5 rings (SSSR count). The number of para-hydroxylation sites is 1. The summed E-state index contributed by atoms with van der Waals surface area (Å²) in [6.07, 6.45) is -0.750. The Labute approximate surface area is 214 Å². The maximum absolute atomic E-state index is 14.8. The lowest BCUT2D eigenvalue weighted by atomic mass is 10.1. The predicted octanol–water partition coefficient (Wildman–Crippen LogP) is 6.49. The van der Waals surface area contributed by atoms with E-state index < -0.39 is 12.0 Å². The maximum atomic E-state index is 14.8. The van der Waals surface area contributed by atoms with Crippen LogP contribution in [0.4, 0.5) is 9.18 Å². The van der Waals surface area contributed by atoms with Crippen molar-refractivity contribution in [2.45, 2.75) is 26.0 Å². The van der Waals surface area contributed by atoms with E-state index in [1.54, 1.807) is 41.7 Å². The Morgan fingerprint density at radius 1 is 1.25 bits per heavy atom. The minimum atomic E-state index is -1.25. The number of thiophene rings is 1. The maximum Gasteiger partial charge on any atom is 0.506 e. The molecule has 4 aromatic rings. The highest BCUT2D eigenvalue weighted by molar-refractivity contribution is 7.15. The SMILES string of the molecule is CCc1cc(CN2CC(OC(=O)O)C2)sc1-c1noc(-c2ccc(Oc3ccccc3Cl)c(F)c2)n1. The molecule has 0 bridgehead atoms. The van der Waals surface area contributed by atoms with E-state index in [4.69, 9.17) is 30.7 Å². The molecule has 0 atom stereocenters. The molecular formula is C25H21ClFN3O5S. The lowest BCUT2D eigenvalue weighted by molar-refractivity contribution is -0.0359. The Morgan fingerprint density at radius 3 is 2.78 bits per heavy atom. The van der Waals surface area contributed by atoms with Gasteiger partial charge in [0, 0.05) is 30.1 Å². The highest BCUT2D eigenvalue weighted by Crippen LogP contribution is 2.36. The molecule has 0 spiro atoms. The Hall–Kier alpha value is -3.47. The Kier molecular flexibility index (Phi) is 6.90. The van der Waals surface area contributed by atoms with Crippen LogP contribution < -0.4 is 4.74 Å². The molecule has 8 nitrogen and oxygen atoms in total. The summed E-state index contributed by atoms with van der Waals surface area (Å²) in [6, 6.07) is 13.4. The van der Waals surface area contributed by atoms with Crippen molar-refractivity contribution < 1.29 is 28.3 Å². The van der Waals surface area contributed by atoms with Crippen LogP contribution in [-0.2, 0) is 17.7 Å². The molecule has 3 heterocycles. The molecule has 1 aliphatic rings. The van der Waals surface area contributed by atoms with Crippen molar-refractivity contribution in [1.82, 2.24) is 15.0 Å². The molecule has 11 heteroatoms. The first kappa shape index (κ1) is 24.2. The average Bonchev–Trinajstić information content (AvgIpc) is 3.47. The second kappa shape index (κ2) is 10.3. The second-order valence-corrected chi connectivity index (χ2v) is 9.77. The van der Waals surface area contributed by atoms with Gasteiger partial charge in [-0.1, -0.05) is 35.8 Å².